The molecule has 24 heavy (non-hydrogen) atoms. The number of carbonyl (C=O) groups excluding carboxylic acids is 1. The van der Waals surface area contributed by atoms with Crippen LogP contribution in [0.25, 0.3) is 0 Å². The van der Waals surface area contributed by atoms with Crippen molar-refractivity contribution in [3.63, 3.8) is 0 Å². The molecule has 128 valence electrons. The number of nitrogens with one attached hydrogen (secondary N) is 2. The van der Waals surface area contributed by atoms with Gasteiger partial charge >= 0.3 is 12.2 Å². The summed E-state index contributed by atoms with van der Waals surface area (Å²) in [6, 6.07) is 4.47. The normalized spacial score (nSPS) is 25.0. The van der Waals surface area contributed by atoms with Crippen molar-refractivity contribution in [3.8, 4) is 11.8 Å². The average molecular weight is 338 g/mol. The third-order valence-corrected chi connectivity index (χ3v) is 4.18. The molecule has 2 amide bonds. The first-order valence-electron chi connectivity index (χ1n) is 7.78. The molecule has 2 fully saturated rings. The number of halogens is 3. The van der Waals surface area contributed by atoms with E-state index in [4.69, 9.17) is 4.74 Å². The third-order valence-electron chi connectivity index (χ3n) is 4.18. The molecule has 2 N–H and O–H groups in total. The summed E-state index contributed by atoms with van der Waals surface area (Å²) < 4.78 is 43.4. The summed E-state index contributed by atoms with van der Waals surface area (Å²) >= 11 is 0. The van der Waals surface area contributed by atoms with Gasteiger partial charge in [-0.05, 0) is 37.5 Å². The van der Waals surface area contributed by atoms with Crippen LogP contribution in [-0.4, -0.2) is 30.8 Å². The van der Waals surface area contributed by atoms with Crippen molar-refractivity contribution in [1.29, 1.82) is 0 Å². The van der Waals surface area contributed by atoms with Gasteiger partial charge in [-0.25, -0.2) is 4.79 Å². The van der Waals surface area contributed by atoms with Crippen molar-refractivity contribution in [2.45, 2.75) is 43.7 Å². The van der Waals surface area contributed by atoms with Crippen LogP contribution in [0.15, 0.2) is 24.3 Å². The molecular weight excluding hydrogens is 321 g/mol. The zero-order valence-electron chi connectivity index (χ0n) is 12.8. The molecule has 2 aliphatic heterocycles. The average Bonchev–Trinajstić information content (AvgIpc) is 3.14. The summed E-state index contributed by atoms with van der Waals surface area (Å²) in [5, 5.41) is 5.43. The number of urea groups is 1. The Kier molecular flexibility index (Phi) is 4.67. The van der Waals surface area contributed by atoms with Crippen LogP contribution in [0.2, 0.25) is 0 Å². The molecular formula is C17H17F3N2O2. The van der Waals surface area contributed by atoms with Gasteiger partial charge in [-0.1, -0.05) is 17.9 Å². The maximum absolute atomic E-state index is 12.6. The van der Waals surface area contributed by atoms with Gasteiger partial charge in [0.1, 0.15) is 0 Å². The molecule has 2 saturated heterocycles. The fourth-order valence-corrected chi connectivity index (χ4v) is 3.05. The Balaban J connectivity index is 1.47. The van der Waals surface area contributed by atoms with Crippen LogP contribution in [0.4, 0.5) is 18.0 Å². The van der Waals surface area contributed by atoms with Crippen LogP contribution in [-0.2, 0) is 10.9 Å². The van der Waals surface area contributed by atoms with E-state index in [2.05, 4.69) is 22.5 Å². The summed E-state index contributed by atoms with van der Waals surface area (Å²) in [6.45, 7) is 0.0593. The Morgan fingerprint density at radius 2 is 2.17 bits per heavy atom. The van der Waals surface area contributed by atoms with Gasteiger partial charge in [0, 0.05) is 5.56 Å². The Labute approximate surface area is 137 Å². The standard InChI is InChI=1S/C17H17F3N2O2/c18-17(19,20)12-5-1-3-11(9-12)4-2-8-21-16(23)22-14-10-13-6-7-15(14)24-13/h1,3,5,9,13-15H,6-8,10H2,(H2,21,22,23). The van der Waals surface area contributed by atoms with Gasteiger partial charge in [0.15, 0.2) is 0 Å². The highest BCUT2D eigenvalue weighted by molar-refractivity contribution is 5.74. The molecule has 3 unspecified atom stereocenters. The van der Waals surface area contributed by atoms with Crippen molar-refractivity contribution >= 4 is 6.03 Å². The number of hydrogen-bond donors (Lipinski definition) is 2. The van der Waals surface area contributed by atoms with E-state index < -0.39 is 11.7 Å². The number of hydrogen-bond acceptors (Lipinski definition) is 2. The molecule has 0 aromatic heterocycles. The van der Waals surface area contributed by atoms with Crippen LogP contribution in [0, 0.1) is 11.8 Å². The number of alkyl halides is 3. The largest absolute Gasteiger partial charge is 0.416 e. The highest BCUT2D eigenvalue weighted by atomic mass is 19.4. The molecule has 7 heteroatoms. The predicted octanol–water partition coefficient (Wildman–Crippen LogP) is 2.68. The molecule has 2 heterocycles. The van der Waals surface area contributed by atoms with Gasteiger partial charge in [0.25, 0.3) is 0 Å². The molecule has 1 aromatic carbocycles. The number of benzene rings is 1. The minimum atomic E-state index is -4.39. The van der Waals surface area contributed by atoms with Crippen LogP contribution in [0.5, 0.6) is 0 Å². The Morgan fingerprint density at radius 3 is 2.83 bits per heavy atom. The molecule has 0 radical (unpaired) electrons. The van der Waals surface area contributed by atoms with Crippen LogP contribution in [0.1, 0.15) is 30.4 Å². The highest BCUT2D eigenvalue weighted by Crippen LogP contribution is 2.34. The number of ether oxygens (including phenoxy) is 1. The first-order valence-corrected chi connectivity index (χ1v) is 7.78. The number of fused-ring (bicyclic) bond motifs is 2. The Bertz CT molecular complexity index is 678. The topological polar surface area (TPSA) is 50.4 Å². The lowest BCUT2D eigenvalue weighted by Crippen LogP contribution is -2.46. The van der Waals surface area contributed by atoms with E-state index in [-0.39, 0.29) is 36.4 Å². The maximum Gasteiger partial charge on any atom is 0.416 e. The minimum absolute atomic E-state index is 0.0279. The van der Waals surface area contributed by atoms with Crippen LogP contribution < -0.4 is 10.6 Å². The molecule has 4 nitrogen and oxygen atoms in total. The summed E-state index contributed by atoms with van der Waals surface area (Å²) in [5.74, 6) is 5.27. The van der Waals surface area contributed by atoms with Crippen molar-refractivity contribution in [2.24, 2.45) is 0 Å². The fourth-order valence-electron chi connectivity index (χ4n) is 3.05. The molecule has 1 aromatic rings. The third kappa shape index (κ3) is 4.01. The lowest BCUT2D eigenvalue weighted by Gasteiger charge is -2.19. The van der Waals surface area contributed by atoms with Crippen molar-refractivity contribution in [1.82, 2.24) is 10.6 Å². The van der Waals surface area contributed by atoms with Crippen molar-refractivity contribution < 1.29 is 22.7 Å². The Hall–Kier alpha value is -2.20. The Morgan fingerprint density at radius 1 is 1.33 bits per heavy atom. The second-order valence-electron chi connectivity index (χ2n) is 5.92. The maximum atomic E-state index is 12.6. The van der Waals surface area contributed by atoms with E-state index in [1.807, 2.05) is 0 Å². The SMILES string of the molecule is O=C(NCC#Cc1cccc(C(F)(F)F)c1)NC1CC2CCC1O2. The molecule has 3 atom stereocenters. The van der Waals surface area contributed by atoms with Gasteiger partial charge in [0.05, 0.1) is 30.4 Å². The predicted molar refractivity (Wildman–Crippen MR) is 81.2 cm³/mol. The number of amides is 2. The van der Waals surface area contributed by atoms with Gasteiger partial charge in [-0.3, -0.25) is 0 Å². The lowest BCUT2D eigenvalue weighted by molar-refractivity contribution is -0.137. The lowest BCUT2D eigenvalue weighted by atomic mass is 9.96. The number of carbonyl (C=O) groups is 1. The zero-order chi connectivity index (χ0) is 17.2. The fraction of sp³-hybridized carbons (Fsp3) is 0.471. The quantitative estimate of drug-likeness (QED) is 0.815. The molecule has 2 aliphatic rings. The second-order valence-corrected chi connectivity index (χ2v) is 5.92. The van der Waals surface area contributed by atoms with E-state index in [9.17, 15) is 18.0 Å². The second kappa shape index (κ2) is 6.73. The summed E-state index contributed by atoms with van der Waals surface area (Å²) in [6.07, 6.45) is -1.21. The van der Waals surface area contributed by atoms with Gasteiger partial charge in [0.2, 0.25) is 0 Å². The molecule has 2 bridgehead atoms. The molecule has 0 spiro atoms. The van der Waals surface area contributed by atoms with E-state index in [1.165, 1.54) is 12.1 Å². The monoisotopic (exact) mass is 338 g/mol. The van der Waals surface area contributed by atoms with Gasteiger partial charge < -0.3 is 15.4 Å². The summed E-state index contributed by atoms with van der Waals surface area (Å²) in [4.78, 5) is 11.8. The molecule has 0 saturated carbocycles. The highest BCUT2D eigenvalue weighted by Gasteiger charge is 2.41. The molecule has 3 rings (SSSR count). The van der Waals surface area contributed by atoms with Crippen molar-refractivity contribution in [2.75, 3.05) is 6.54 Å². The van der Waals surface area contributed by atoms with E-state index in [0.717, 1.165) is 31.4 Å². The summed E-state index contributed by atoms with van der Waals surface area (Å²) in [5.41, 5.74) is -0.482. The van der Waals surface area contributed by atoms with E-state index in [0.29, 0.717) is 0 Å². The van der Waals surface area contributed by atoms with Gasteiger partial charge in [-0.15, -0.1) is 0 Å². The van der Waals surface area contributed by atoms with E-state index >= 15 is 0 Å². The molecule has 0 aliphatic carbocycles. The first kappa shape index (κ1) is 16.7. The smallest absolute Gasteiger partial charge is 0.373 e. The first-order chi connectivity index (χ1) is 11.4. The van der Waals surface area contributed by atoms with Crippen LogP contribution in [0.3, 0.4) is 0 Å². The number of rotatable bonds is 2. The van der Waals surface area contributed by atoms with Crippen molar-refractivity contribution in [3.05, 3.63) is 35.4 Å². The summed E-state index contributed by atoms with van der Waals surface area (Å²) in [7, 11) is 0. The van der Waals surface area contributed by atoms with E-state index in [1.54, 1.807) is 0 Å². The van der Waals surface area contributed by atoms with Gasteiger partial charge in [-0.2, -0.15) is 13.2 Å². The zero-order valence-corrected chi connectivity index (χ0v) is 12.8. The van der Waals surface area contributed by atoms with Crippen LogP contribution >= 0.6 is 0 Å². The minimum Gasteiger partial charge on any atom is -0.373 e.